The summed E-state index contributed by atoms with van der Waals surface area (Å²) in [7, 11) is 3.72. The zero-order valence-corrected chi connectivity index (χ0v) is 11.2. The Morgan fingerprint density at radius 3 is 2.58 bits per heavy atom. The number of likely N-dealkylation sites (N-methyl/N-ethyl adjacent to an activating group) is 1. The molecule has 1 aliphatic heterocycles. The van der Waals surface area contributed by atoms with E-state index in [0.29, 0.717) is 5.69 Å². The third kappa shape index (κ3) is 3.29. The molecule has 19 heavy (non-hydrogen) atoms. The number of hydrogen-bond donors (Lipinski definition) is 2. The van der Waals surface area contributed by atoms with Crippen molar-refractivity contribution in [2.24, 2.45) is 0 Å². The highest BCUT2D eigenvalue weighted by Crippen LogP contribution is 2.31. The Kier molecular flexibility index (Phi) is 4.11. The molecular weight excluding hydrogens is 246 g/mol. The van der Waals surface area contributed by atoms with E-state index in [1.807, 2.05) is 6.07 Å². The van der Waals surface area contributed by atoms with Crippen LogP contribution in [0.5, 0.6) is 5.75 Å². The Labute approximate surface area is 112 Å². The lowest BCUT2D eigenvalue weighted by atomic mass is 10.2. The summed E-state index contributed by atoms with van der Waals surface area (Å²) >= 11 is 0. The average Bonchev–Trinajstić information content (AvgIpc) is 2.39. The van der Waals surface area contributed by atoms with Gasteiger partial charge in [0.05, 0.1) is 12.8 Å². The average molecular weight is 265 g/mol. The van der Waals surface area contributed by atoms with E-state index in [-0.39, 0.29) is 0 Å². The number of methoxy groups -OCH3 is 1. The number of ether oxygens (including phenoxy) is 1. The van der Waals surface area contributed by atoms with Crippen LogP contribution in [0, 0.1) is 0 Å². The van der Waals surface area contributed by atoms with Crippen LogP contribution < -0.4 is 15.0 Å². The third-order valence-corrected chi connectivity index (χ3v) is 3.27. The smallest absolute Gasteiger partial charge is 0.409 e. The minimum atomic E-state index is -1.06. The summed E-state index contributed by atoms with van der Waals surface area (Å²) in [6.45, 7) is 3.78. The number of benzene rings is 1. The van der Waals surface area contributed by atoms with Gasteiger partial charge < -0.3 is 19.6 Å². The lowest BCUT2D eigenvalue weighted by Crippen LogP contribution is -2.44. The molecule has 2 N–H and O–H groups in total. The van der Waals surface area contributed by atoms with Crippen LogP contribution in [0.2, 0.25) is 0 Å². The number of piperazine rings is 1. The van der Waals surface area contributed by atoms with Crippen molar-refractivity contribution in [3.05, 3.63) is 18.2 Å². The van der Waals surface area contributed by atoms with Crippen molar-refractivity contribution in [2.45, 2.75) is 0 Å². The quantitative estimate of drug-likeness (QED) is 0.868. The molecule has 0 unspecified atom stereocenters. The maximum absolute atomic E-state index is 10.7. The highest BCUT2D eigenvalue weighted by molar-refractivity contribution is 5.84. The van der Waals surface area contributed by atoms with E-state index in [1.165, 1.54) is 0 Å². The first-order valence-corrected chi connectivity index (χ1v) is 6.21. The Morgan fingerprint density at radius 1 is 1.32 bits per heavy atom. The van der Waals surface area contributed by atoms with Crippen LogP contribution in [0.1, 0.15) is 0 Å². The largest absolute Gasteiger partial charge is 0.495 e. The number of amides is 1. The number of rotatable bonds is 3. The highest BCUT2D eigenvalue weighted by atomic mass is 16.5. The minimum Gasteiger partial charge on any atom is -0.495 e. The molecule has 1 aliphatic rings. The summed E-state index contributed by atoms with van der Waals surface area (Å²) in [6, 6.07) is 5.31. The van der Waals surface area contributed by atoms with E-state index in [2.05, 4.69) is 22.2 Å². The highest BCUT2D eigenvalue weighted by Gasteiger charge is 2.18. The Bertz CT molecular complexity index is 456. The molecule has 0 aromatic heterocycles. The predicted octanol–water partition coefficient (Wildman–Crippen LogP) is 1.54. The van der Waals surface area contributed by atoms with Gasteiger partial charge in [0.2, 0.25) is 0 Å². The molecule has 0 radical (unpaired) electrons. The molecular formula is C13H19N3O3. The number of anilines is 2. The van der Waals surface area contributed by atoms with Crippen LogP contribution in [0.25, 0.3) is 0 Å². The number of carboxylic acid groups (broad SMARTS) is 1. The van der Waals surface area contributed by atoms with E-state index >= 15 is 0 Å². The summed E-state index contributed by atoms with van der Waals surface area (Å²) in [6.07, 6.45) is -1.06. The SMILES string of the molecule is COc1ccc(NC(=O)O)cc1N1CCN(C)CC1. The van der Waals surface area contributed by atoms with E-state index in [0.717, 1.165) is 37.6 Å². The van der Waals surface area contributed by atoms with Gasteiger partial charge in [-0.15, -0.1) is 0 Å². The predicted molar refractivity (Wildman–Crippen MR) is 74.4 cm³/mol. The molecule has 0 aliphatic carbocycles. The molecule has 0 bridgehead atoms. The van der Waals surface area contributed by atoms with Gasteiger partial charge in [0.1, 0.15) is 5.75 Å². The summed E-state index contributed by atoms with van der Waals surface area (Å²) in [5.74, 6) is 0.764. The molecule has 104 valence electrons. The van der Waals surface area contributed by atoms with E-state index in [1.54, 1.807) is 19.2 Å². The normalized spacial score (nSPS) is 16.2. The second-order valence-corrected chi connectivity index (χ2v) is 4.61. The van der Waals surface area contributed by atoms with Crippen molar-refractivity contribution in [3.8, 4) is 5.75 Å². The Morgan fingerprint density at radius 2 is 2.00 bits per heavy atom. The van der Waals surface area contributed by atoms with Crippen molar-refractivity contribution in [2.75, 3.05) is 50.6 Å². The second kappa shape index (κ2) is 5.79. The van der Waals surface area contributed by atoms with Crippen LogP contribution in [-0.2, 0) is 0 Å². The molecule has 0 spiro atoms. The van der Waals surface area contributed by atoms with Gasteiger partial charge in [0.25, 0.3) is 0 Å². The van der Waals surface area contributed by atoms with Gasteiger partial charge >= 0.3 is 6.09 Å². The lowest BCUT2D eigenvalue weighted by Gasteiger charge is -2.34. The summed E-state index contributed by atoms with van der Waals surface area (Å²) < 4.78 is 5.35. The lowest BCUT2D eigenvalue weighted by molar-refractivity contribution is 0.209. The van der Waals surface area contributed by atoms with Crippen LogP contribution in [0.4, 0.5) is 16.2 Å². The van der Waals surface area contributed by atoms with Crippen LogP contribution in [-0.4, -0.2) is 56.4 Å². The van der Waals surface area contributed by atoms with E-state index in [9.17, 15) is 4.79 Å². The second-order valence-electron chi connectivity index (χ2n) is 4.61. The number of nitrogens with zero attached hydrogens (tertiary/aromatic N) is 2. The molecule has 6 heteroatoms. The fourth-order valence-corrected chi connectivity index (χ4v) is 2.19. The Hall–Kier alpha value is -1.95. The fourth-order valence-electron chi connectivity index (χ4n) is 2.19. The minimum absolute atomic E-state index is 0.558. The maximum Gasteiger partial charge on any atom is 0.409 e. The van der Waals surface area contributed by atoms with Gasteiger partial charge in [-0.1, -0.05) is 0 Å². The molecule has 2 rings (SSSR count). The van der Waals surface area contributed by atoms with Gasteiger partial charge in [-0.3, -0.25) is 5.32 Å². The number of carbonyl (C=O) groups is 1. The molecule has 1 saturated heterocycles. The Balaban J connectivity index is 2.23. The van der Waals surface area contributed by atoms with Gasteiger partial charge in [-0.2, -0.15) is 0 Å². The third-order valence-electron chi connectivity index (χ3n) is 3.27. The van der Waals surface area contributed by atoms with Gasteiger partial charge in [-0.05, 0) is 25.2 Å². The first kappa shape index (κ1) is 13.5. The fraction of sp³-hybridized carbons (Fsp3) is 0.462. The van der Waals surface area contributed by atoms with Crippen molar-refractivity contribution in [1.29, 1.82) is 0 Å². The van der Waals surface area contributed by atoms with E-state index < -0.39 is 6.09 Å². The molecule has 1 fully saturated rings. The first-order chi connectivity index (χ1) is 9.10. The van der Waals surface area contributed by atoms with Crippen molar-refractivity contribution in [1.82, 2.24) is 4.90 Å². The molecule has 0 atom stereocenters. The molecule has 1 amide bonds. The van der Waals surface area contributed by atoms with Crippen LogP contribution >= 0.6 is 0 Å². The van der Waals surface area contributed by atoms with Gasteiger partial charge in [-0.25, -0.2) is 4.79 Å². The maximum atomic E-state index is 10.7. The number of hydrogen-bond acceptors (Lipinski definition) is 4. The van der Waals surface area contributed by atoms with Crippen LogP contribution in [0.3, 0.4) is 0 Å². The van der Waals surface area contributed by atoms with Crippen molar-refractivity contribution in [3.63, 3.8) is 0 Å². The van der Waals surface area contributed by atoms with Gasteiger partial charge in [0, 0.05) is 31.9 Å². The van der Waals surface area contributed by atoms with Crippen molar-refractivity contribution < 1.29 is 14.6 Å². The molecule has 1 aromatic carbocycles. The molecule has 1 aromatic rings. The molecule has 6 nitrogen and oxygen atoms in total. The summed E-state index contributed by atoms with van der Waals surface area (Å²) in [4.78, 5) is 15.2. The standard InChI is InChI=1S/C13H19N3O3/c1-15-5-7-16(8-6-15)11-9-10(14-13(17)18)3-4-12(11)19-2/h3-4,9,14H,5-8H2,1-2H3,(H,17,18). The monoisotopic (exact) mass is 265 g/mol. The number of nitrogens with one attached hydrogen (secondary N) is 1. The topological polar surface area (TPSA) is 65.0 Å². The van der Waals surface area contributed by atoms with Gasteiger partial charge in [0.15, 0.2) is 0 Å². The first-order valence-electron chi connectivity index (χ1n) is 6.21. The van der Waals surface area contributed by atoms with E-state index in [4.69, 9.17) is 9.84 Å². The zero-order chi connectivity index (χ0) is 13.8. The molecule has 1 heterocycles. The van der Waals surface area contributed by atoms with Crippen molar-refractivity contribution >= 4 is 17.5 Å². The summed E-state index contributed by atoms with van der Waals surface area (Å²) in [5.41, 5.74) is 1.49. The van der Waals surface area contributed by atoms with Crippen LogP contribution in [0.15, 0.2) is 18.2 Å². The molecule has 0 saturated carbocycles. The summed E-state index contributed by atoms with van der Waals surface area (Å²) in [5, 5.41) is 11.1. The zero-order valence-electron chi connectivity index (χ0n) is 11.2.